The van der Waals surface area contributed by atoms with Crippen molar-refractivity contribution >= 4 is 0 Å². The number of hydrogen-bond acceptors (Lipinski definition) is 6. The third-order valence-electron chi connectivity index (χ3n) is 19.5. The molecular weight excluding hydrogens is 877 g/mol. The second-order valence-corrected chi connectivity index (χ2v) is 28.5. The molecule has 1 saturated carbocycles. The van der Waals surface area contributed by atoms with E-state index < -0.39 is 0 Å². The Labute approximate surface area is 453 Å². The van der Waals surface area contributed by atoms with Crippen LogP contribution < -0.4 is 0 Å². The maximum atomic E-state index is 2.63. The molecule has 0 radical (unpaired) electrons. The van der Waals surface area contributed by atoms with E-state index in [0.717, 1.165) is 107 Å². The fourth-order valence-corrected chi connectivity index (χ4v) is 13.2. The normalized spacial score (nSPS) is 27.9. The van der Waals surface area contributed by atoms with Crippen LogP contribution in [-0.4, -0.2) is 144 Å². The third kappa shape index (κ3) is 20.9. The predicted octanol–water partition coefficient (Wildman–Crippen LogP) is 15.3. The molecule has 2 aliphatic carbocycles. The summed E-state index contributed by atoms with van der Waals surface area (Å²) >= 11 is 0. The molecule has 0 aromatic rings. The van der Waals surface area contributed by atoms with Crippen molar-refractivity contribution in [2.24, 2.45) is 82.9 Å². The molecule has 6 aliphatic heterocycles. The molecule has 6 heteroatoms. The standard InChI is InChI=1S/C14H23N.C11H21N.2C11H23N.C10H21N.C9H19N/c1-10(2)13-6-5-12-9-15(11(3)4)8-7-14(12)13;1-7(2)11-9-5-12(8(3)4)6-10(9)11;1-9(2)11-5-7-12(8-6-11)10(3)4;1-9(2)11-6-5-7-12(8-11)10(3)4;1-8(2)10-5-6-11(7-10)9(3)4;1-7(2)9-5-10(6-9)8(3)4/h5-6,10-12H,7-9H2,1-4H3;7-11H,5-6H2,1-4H3;2*9-11H,5-8H2,1-4H3;8-10H,5-7H2,1-4H3;7-9H,5-6H2,1-4H3. The van der Waals surface area contributed by atoms with Gasteiger partial charge in [-0.25, -0.2) is 0 Å². The first-order chi connectivity index (χ1) is 33.6. The van der Waals surface area contributed by atoms with E-state index in [-0.39, 0.29) is 0 Å². The van der Waals surface area contributed by atoms with Gasteiger partial charge in [-0.05, 0) is 230 Å². The quantitative estimate of drug-likeness (QED) is 0.193. The zero-order valence-electron chi connectivity index (χ0n) is 53.1. The minimum atomic E-state index is 0.697. The van der Waals surface area contributed by atoms with Gasteiger partial charge in [-0.1, -0.05) is 101 Å². The Hall–Kier alpha value is -0.760. The molecule has 5 unspecified atom stereocenters. The van der Waals surface area contributed by atoms with Gasteiger partial charge in [0.15, 0.2) is 0 Å². The number of piperidine rings is 4. The Morgan fingerprint density at radius 3 is 1.11 bits per heavy atom. The Morgan fingerprint density at radius 2 is 0.722 bits per heavy atom. The SMILES string of the molecule is CC(C)C1=C2CCN(C(C)C)CC2C=C1.CC(C)C1C2CN(C(C)C)CC21.CC(C)C1CCCN(C(C)C)C1.CC(C)C1CCN(C(C)C)C1.CC(C)C1CCN(C(C)C)CC1.CC(C)C1CN(C(C)C)C1. The molecule has 0 amide bonds. The van der Waals surface area contributed by atoms with E-state index in [1.807, 2.05) is 0 Å². The predicted molar refractivity (Wildman–Crippen MR) is 321 cm³/mol. The molecule has 5 atom stereocenters. The number of hydrogen-bond donors (Lipinski definition) is 0. The fraction of sp³-hybridized carbons (Fsp3) is 0.939. The molecule has 8 aliphatic rings. The molecule has 72 heavy (non-hydrogen) atoms. The van der Waals surface area contributed by atoms with Crippen molar-refractivity contribution in [3.05, 3.63) is 23.3 Å². The van der Waals surface area contributed by atoms with Crippen molar-refractivity contribution in [1.29, 1.82) is 0 Å². The van der Waals surface area contributed by atoms with Crippen molar-refractivity contribution < 1.29 is 0 Å². The highest BCUT2D eigenvalue weighted by molar-refractivity contribution is 5.39. The van der Waals surface area contributed by atoms with Crippen molar-refractivity contribution in [2.45, 2.75) is 241 Å². The van der Waals surface area contributed by atoms with Crippen LogP contribution in [0.1, 0.15) is 205 Å². The summed E-state index contributed by atoms with van der Waals surface area (Å²) < 4.78 is 0. The van der Waals surface area contributed by atoms with Gasteiger partial charge in [0.05, 0.1) is 0 Å². The zero-order chi connectivity index (χ0) is 54.3. The number of rotatable bonds is 12. The maximum absolute atomic E-state index is 2.63. The monoisotopic (exact) mass is 1010 g/mol. The number of fused-ring (bicyclic) bond motifs is 2. The average molecular weight is 1010 g/mol. The first-order valence-corrected chi connectivity index (χ1v) is 31.5. The summed E-state index contributed by atoms with van der Waals surface area (Å²) in [6.07, 6.45) is 13.2. The van der Waals surface area contributed by atoms with Gasteiger partial charge in [-0.2, -0.15) is 0 Å². The van der Waals surface area contributed by atoms with E-state index in [4.69, 9.17) is 0 Å². The first-order valence-electron chi connectivity index (χ1n) is 31.5. The minimum absolute atomic E-state index is 0.697. The maximum Gasteiger partial charge on any atom is 0.0114 e. The molecule has 8 rings (SSSR count). The van der Waals surface area contributed by atoms with Gasteiger partial charge in [-0.3, -0.25) is 4.90 Å². The molecule has 0 spiro atoms. The summed E-state index contributed by atoms with van der Waals surface area (Å²) in [7, 11) is 0. The number of nitrogens with zero attached hydrogens (tertiary/aromatic N) is 6. The van der Waals surface area contributed by atoms with E-state index >= 15 is 0 Å². The second kappa shape index (κ2) is 31.6. The summed E-state index contributed by atoms with van der Waals surface area (Å²) in [5.41, 5.74) is 3.34. The molecule has 7 fully saturated rings. The summed E-state index contributed by atoms with van der Waals surface area (Å²) in [5.74, 6) is 12.9. The highest BCUT2D eigenvalue weighted by Gasteiger charge is 2.56. The lowest BCUT2D eigenvalue weighted by atomic mass is 9.86. The third-order valence-corrected chi connectivity index (χ3v) is 19.5. The van der Waals surface area contributed by atoms with E-state index in [1.54, 1.807) is 11.1 Å². The largest absolute Gasteiger partial charge is 0.301 e. The van der Waals surface area contributed by atoms with Crippen molar-refractivity contribution in [3.63, 3.8) is 0 Å². The van der Waals surface area contributed by atoms with Gasteiger partial charge in [0, 0.05) is 94.5 Å². The van der Waals surface area contributed by atoms with Gasteiger partial charge >= 0.3 is 0 Å². The van der Waals surface area contributed by atoms with Crippen LogP contribution in [0.2, 0.25) is 0 Å². The lowest BCUT2D eigenvalue weighted by Gasteiger charge is -2.44. The first kappa shape index (κ1) is 65.5. The van der Waals surface area contributed by atoms with E-state index in [0.29, 0.717) is 12.0 Å². The van der Waals surface area contributed by atoms with Crippen LogP contribution in [0.25, 0.3) is 0 Å². The van der Waals surface area contributed by atoms with E-state index in [1.165, 1.54) is 117 Å². The van der Waals surface area contributed by atoms with Crippen LogP contribution in [0.5, 0.6) is 0 Å². The fourth-order valence-electron chi connectivity index (χ4n) is 13.2. The van der Waals surface area contributed by atoms with Crippen LogP contribution in [0.15, 0.2) is 23.3 Å². The number of allylic oxidation sites excluding steroid dienone is 2. The van der Waals surface area contributed by atoms with Crippen LogP contribution in [0.3, 0.4) is 0 Å². The molecule has 0 aromatic heterocycles. The summed E-state index contributed by atoms with van der Waals surface area (Å²) in [5, 5.41) is 0. The molecule has 0 aromatic carbocycles. The Balaban J connectivity index is 0.000000229. The summed E-state index contributed by atoms with van der Waals surface area (Å²) in [6, 6.07) is 4.46. The second-order valence-electron chi connectivity index (χ2n) is 28.5. The topological polar surface area (TPSA) is 19.4 Å². The van der Waals surface area contributed by atoms with Gasteiger partial charge in [0.2, 0.25) is 0 Å². The molecule has 6 nitrogen and oxygen atoms in total. The van der Waals surface area contributed by atoms with Crippen molar-refractivity contribution in [2.75, 3.05) is 78.5 Å². The zero-order valence-corrected chi connectivity index (χ0v) is 53.1. The van der Waals surface area contributed by atoms with Crippen molar-refractivity contribution in [1.82, 2.24) is 29.4 Å². The van der Waals surface area contributed by atoms with Crippen LogP contribution in [0.4, 0.5) is 0 Å². The highest BCUT2D eigenvalue weighted by atomic mass is 15.2. The molecular formula is C66H130N6. The van der Waals surface area contributed by atoms with E-state index in [9.17, 15) is 0 Å². The Bertz CT molecular complexity index is 1420. The van der Waals surface area contributed by atoms with Crippen LogP contribution in [0, 0.1) is 82.9 Å². The summed E-state index contributed by atoms with van der Waals surface area (Å²) in [6.45, 7) is 71.6. The summed E-state index contributed by atoms with van der Waals surface area (Å²) in [4.78, 5) is 15.6. The number of likely N-dealkylation sites (tertiary alicyclic amines) is 6. The van der Waals surface area contributed by atoms with Gasteiger partial charge in [0.25, 0.3) is 0 Å². The Morgan fingerprint density at radius 1 is 0.347 bits per heavy atom. The van der Waals surface area contributed by atoms with E-state index in [2.05, 4.69) is 208 Å². The minimum Gasteiger partial charge on any atom is -0.301 e. The van der Waals surface area contributed by atoms with Gasteiger partial charge in [0.1, 0.15) is 0 Å². The molecule has 424 valence electrons. The highest BCUT2D eigenvalue weighted by Crippen LogP contribution is 2.55. The van der Waals surface area contributed by atoms with Crippen LogP contribution in [-0.2, 0) is 0 Å². The average Bonchev–Trinajstić information content (AvgIpc) is 3.73. The molecule has 6 heterocycles. The lowest BCUT2D eigenvalue weighted by molar-refractivity contribution is 0.0408. The van der Waals surface area contributed by atoms with Gasteiger partial charge in [-0.15, -0.1) is 0 Å². The molecule has 0 N–H and O–H groups in total. The molecule has 0 bridgehead atoms. The molecule has 6 saturated heterocycles. The lowest BCUT2D eigenvalue weighted by Crippen LogP contribution is -2.51. The van der Waals surface area contributed by atoms with Crippen molar-refractivity contribution in [3.8, 4) is 0 Å². The smallest absolute Gasteiger partial charge is 0.0114 e. The Kier molecular flexibility index (Phi) is 28.8. The van der Waals surface area contributed by atoms with Crippen LogP contribution >= 0.6 is 0 Å². The van der Waals surface area contributed by atoms with Gasteiger partial charge < -0.3 is 24.5 Å².